The van der Waals surface area contributed by atoms with Gasteiger partial charge in [0, 0.05) is 23.6 Å². The smallest absolute Gasteiger partial charge is 0.122 e. The fraction of sp³-hybridized carbons (Fsp3) is 0.647. The van der Waals surface area contributed by atoms with Crippen LogP contribution in [0.25, 0.3) is 0 Å². The summed E-state index contributed by atoms with van der Waals surface area (Å²) in [6, 6.07) is 5.89. The summed E-state index contributed by atoms with van der Waals surface area (Å²) < 4.78 is 11.6. The number of nitrogens with one attached hydrogen (secondary N) is 1. The molecule has 1 aromatic carbocycles. The van der Waals surface area contributed by atoms with Gasteiger partial charge < -0.3 is 14.8 Å². The highest BCUT2D eigenvalue weighted by Crippen LogP contribution is 2.49. The topological polar surface area (TPSA) is 30.5 Å². The molecule has 2 fully saturated rings. The van der Waals surface area contributed by atoms with E-state index < -0.39 is 0 Å². The van der Waals surface area contributed by atoms with Gasteiger partial charge in [-0.3, -0.25) is 0 Å². The Balaban J connectivity index is 1.89. The average molecular weight is 310 g/mol. The summed E-state index contributed by atoms with van der Waals surface area (Å²) in [4.78, 5) is 0. The van der Waals surface area contributed by atoms with Crippen molar-refractivity contribution in [3.63, 3.8) is 0 Å². The third kappa shape index (κ3) is 3.05. The molecule has 1 saturated carbocycles. The van der Waals surface area contributed by atoms with Gasteiger partial charge in [-0.25, -0.2) is 0 Å². The van der Waals surface area contributed by atoms with Gasteiger partial charge in [0.1, 0.15) is 5.75 Å². The first-order valence-electron chi connectivity index (χ1n) is 7.77. The Morgan fingerprint density at radius 2 is 2.24 bits per heavy atom. The van der Waals surface area contributed by atoms with Crippen molar-refractivity contribution >= 4 is 11.6 Å². The molecule has 1 N–H and O–H groups in total. The zero-order valence-corrected chi connectivity index (χ0v) is 13.6. The average Bonchev–Trinajstić information content (AvgIpc) is 3.22. The highest BCUT2D eigenvalue weighted by molar-refractivity contribution is 6.30. The Labute approximate surface area is 132 Å². The molecule has 1 aliphatic carbocycles. The van der Waals surface area contributed by atoms with Gasteiger partial charge >= 0.3 is 0 Å². The minimum Gasteiger partial charge on any atom is -0.496 e. The van der Waals surface area contributed by atoms with Crippen LogP contribution in [0.15, 0.2) is 18.2 Å². The number of hydrogen-bond donors (Lipinski definition) is 1. The van der Waals surface area contributed by atoms with Crippen LogP contribution in [0.1, 0.15) is 24.8 Å². The molecule has 2 unspecified atom stereocenters. The molecule has 0 radical (unpaired) electrons. The van der Waals surface area contributed by atoms with Crippen LogP contribution in [-0.4, -0.2) is 33.4 Å². The molecule has 1 heterocycles. The first kappa shape index (κ1) is 15.1. The molecule has 3 nitrogen and oxygen atoms in total. The number of methoxy groups -OCH3 is 1. The first-order chi connectivity index (χ1) is 10.2. The van der Waals surface area contributed by atoms with E-state index in [0.717, 1.165) is 42.7 Å². The molecule has 1 aromatic rings. The molecule has 21 heavy (non-hydrogen) atoms. The Hall–Kier alpha value is -0.770. The van der Waals surface area contributed by atoms with Crippen molar-refractivity contribution in [2.45, 2.75) is 31.8 Å². The second-order valence-electron chi connectivity index (χ2n) is 6.40. The van der Waals surface area contributed by atoms with Crippen LogP contribution in [0.4, 0.5) is 0 Å². The van der Waals surface area contributed by atoms with E-state index in [1.807, 2.05) is 25.2 Å². The van der Waals surface area contributed by atoms with E-state index in [-0.39, 0.29) is 5.41 Å². The summed E-state index contributed by atoms with van der Waals surface area (Å²) in [7, 11) is 3.75. The van der Waals surface area contributed by atoms with Gasteiger partial charge in [0.05, 0.1) is 13.2 Å². The molecule has 0 amide bonds. The van der Waals surface area contributed by atoms with Crippen LogP contribution in [0.2, 0.25) is 5.02 Å². The fourth-order valence-electron chi connectivity index (χ4n) is 3.80. The molecule has 1 saturated heterocycles. The highest BCUT2D eigenvalue weighted by atomic mass is 35.5. The maximum Gasteiger partial charge on any atom is 0.122 e. The second-order valence-corrected chi connectivity index (χ2v) is 6.84. The zero-order chi connectivity index (χ0) is 14.9. The van der Waals surface area contributed by atoms with E-state index in [2.05, 4.69) is 5.32 Å². The predicted octanol–water partition coefficient (Wildman–Crippen LogP) is 3.30. The van der Waals surface area contributed by atoms with Gasteiger partial charge in [0.2, 0.25) is 0 Å². The lowest BCUT2D eigenvalue weighted by atomic mass is 9.74. The predicted molar refractivity (Wildman–Crippen MR) is 85.1 cm³/mol. The normalized spacial score (nSPS) is 28.8. The van der Waals surface area contributed by atoms with Crippen molar-refractivity contribution in [1.29, 1.82) is 0 Å². The van der Waals surface area contributed by atoms with Crippen molar-refractivity contribution in [3.05, 3.63) is 28.8 Å². The van der Waals surface area contributed by atoms with Crippen molar-refractivity contribution in [1.82, 2.24) is 5.32 Å². The number of hydrogen-bond acceptors (Lipinski definition) is 3. The molecule has 2 atom stereocenters. The maximum atomic E-state index is 6.19. The SMILES string of the molecule is CNCC1(Cc2cc(Cl)ccc2OC)CCOC1C1CC1. The first-order valence-corrected chi connectivity index (χ1v) is 8.15. The Bertz CT molecular complexity index is 504. The fourth-order valence-corrected chi connectivity index (χ4v) is 4.00. The lowest BCUT2D eigenvalue weighted by molar-refractivity contribution is 0.0312. The van der Waals surface area contributed by atoms with E-state index in [1.165, 1.54) is 18.4 Å². The monoisotopic (exact) mass is 309 g/mol. The number of benzene rings is 1. The summed E-state index contributed by atoms with van der Waals surface area (Å²) in [6.07, 6.45) is 5.04. The van der Waals surface area contributed by atoms with E-state index in [4.69, 9.17) is 21.1 Å². The largest absolute Gasteiger partial charge is 0.496 e. The summed E-state index contributed by atoms with van der Waals surface area (Å²) in [6.45, 7) is 1.84. The summed E-state index contributed by atoms with van der Waals surface area (Å²) in [5.41, 5.74) is 1.35. The van der Waals surface area contributed by atoms with Gasteiger partial charge in [0.25, 0.3) is 0 Å². The lowest BCUT2D eigenvalue weighted by Gasteiger charge is -2.35. The summed E-state index contributed by atoms with van der Waals surface area (Å²) in [5.74, 6) is 1.67. The minimum atomic E-state index is 0.161. The van der Waals surface area contributed by atoms with Crippen LogP contribution in [0, 0.1) is 11.3 Å². The molecule has 0 aromatic heterocycles. The Kier molecular flexibility index (Phi) is 4.43. The van der Waals surface area contributed by atoms with E-state index in [9.17, 15) is 0 Å². The summed E-state index contributed by atoms with van der Waals surface area (Å²) in [5, 5.41) is 4.15. The highest BCUT2D eigenvalue weighted by Gasteiger charge is 2.50. The van der Waals surface area contributed by atoms with Crippen molar-refractivity contribution in [3.8, 4) is 5.75 Å². The number of ether oxygens (including phenoxy) is 2. The second kappa shape index (κ2) is 6.15. The maximum absolute atomic E-state index is 6.19. The van der Waals surface area contributed by atoms with Crippen LogP contribution in [0.3, 0.4) is 0 Å². The molecule has 2 aliphatic rings. The van der Waals surface area contributed by atoms with Crippen molar-refractivity contribution in [2.75, 3.05) is 27.3 Å². The van der Waals surface area contributed by atoms with Crippen LogP contribution >= 0.6 is 11.6 Å². The minimum absolute atomic E-state index is 0.161. The van der Waals surface area contributed by atoms with Gasteiger partial charge in [-0.1, -0.05) is 11.6 Å². The summed E-state index contributed by atoms with van der Waals surface area (Å²) >= 11 is 6.19. The number of halogens is 1. The van der Waals surface area contributed by atoms with Gasteiger partial charge in [-0.15, -0.1) is 0 Å². The van der Waals surface area contributed by atoms with E-state index in [0.29, 0.717) is 6.10 Å². The molecule has 4 heteroatoms. The van der Waals surface area contributed by atoms with Gasteiger partial charge in [-0.2, -0.15) is 0 Å². The zero-order valence-electron chi connectivity index (χ0n) is 12.8. The van der Waals surface area contributed by atoms with Gasteiger partial charge in [-0.05, 0) is 62.4 Å². The molecule has 0 spiro atoms. The third-order valence-electron chi connectivity index (χ3n) is 4.86. The van der Waals surface area contributed by atoms with Gasteiger partial charge in [0.15, 0.2) is 0 Å². The molecule has 0 bridgehead atoms. The van der Waals surface area contributed by atoms with Crippen LogP contribution in [0.5, 0.6) is 5.75 Å². The Morgan fingerprint density at radius 3 is 2.90 bits per heavy atom. The Morgan fingerprint density at radius 1 is 1.43 bits per heavy atom. The molecular weight excluding hydrogens is 286 g/mol. The van der Waals surface area contributed by atoms with Crippen LogP contribution < -0.4 is 10.1 Å². The van der Waals surface area contributed by atoms with E-state index in [1.54, 1.807) is 7.11 Å². The standard InChI is InChI=1S/C17H24ClNO2/c1-19-11-17(7-8-21-16(17)12-3-4-12)10-13-9-14(18)5-6-15(13)20-2/h5-6,9,12,16,19H,3-4,7-8,10-11H2,1-2H3. The van der Waals surface area contributed by atoms with Crippen molar-refractivity contribution < 1.29 is 9.47 Å². The van der Waals surface area contributed by atoms with E-state index >= 15 is 0 Å². The molecular formula is C17H24ClNO2. The van der Waals surface area contributed by atoms with Crippen molar-refractivity contribution in [2.24, 2.45) is 11.3 Å². The molecule has 3 rings (SSSR count). The van der Waals surface area contributed by atoms with Crippen LogP contribution in [-0.2, 0) is 11.2 Å². The number of rotatable bonds is 6. The quantitative estimate of drug-likeness (QED) is 0.874. The molecule has 116 valence electrons. The lowest BCUT2D eigenvalue weighted by Crippen LogP contribution is -2.42. The third-order valence-corrected chi connectivity index (χ3v) is 5.10. The molecule has 1 aliphatic heterocycles.